The van der Waals surface area contributed by atoms with Gasteiger partial charge >= 0.3 is 0 Å². The van der Waals surface area contributed by atoms with E-state index >= 15 is 0 Å². The molecule has 0 bridgehead atoms. The van der Waals surface area contributed by atoms with Crippen molar-refractivity contribution in [2.24, 2.45) is 0 Å². The number of amides is 2. The monoisotopic (exact) mass is 451 g/mol. The van der Waals surface area contributed by atoms with Crippen LogP contribution in [-0.4, -0.2) is 44.2 Å². The summed E-state index contributed by atoms with van der Waals surface area (Å²) in [6, 6.07) is 12.5. The van der Waals surface area contributed by atoms with Gasteiger partial charge in [0.15, 0.2) is 0 Å². The molecule has 0 spiro atoms. The van der Waals surface area contributed by atoms with Crippen LogP contribution in [0.5, 0.6) is 0 Å². The first-order valence-corrected chi connectivity index (χ1v) is 11.3. The average molecular weight is 452 g/mol. The lowest BCUT2D eigenvalue weighted by atomic mass is 10.2. The number of carbonyl (C=O) groups excluding carboxylic acids is 2. The molecule has 2 aromatic rings. The summed E-state index contributed by atoms with van der Waals surface area (Å²) in [6.45, 7) is 3.84. The minimum Gasteiger partial charge on any atom is -0.352 e. The Morgan fingerprint density at radius 3 is 2.40 bits per heavy atom. The summed E-state index contributed by atoms with van der Waals surface area (Å²) in [5, 5.41) is 6.05. The normalized spacial score (nSPS) is 11.5. The number of hydrogen-bond acceptors (Lipinski definition) is 4. The van der Waals surface area contributed by atoms with Crippen molar-refractivity contribution in [3.05, 3.63) is 59.1 Å². The Labute approximate surface area is 182 Å². The number of anilines is 1. The van der Waals surface area contributed by atoms with E-state index < -0.39 is 15.9 Å². The fourth-order valence-electron chi connectivity index (χ4n) is 2.55. The van der Waals surface area contributed by atoms with Gasteiger partial charge in [-0.15, -0.1) is 0 Å². The summed E-state index contributed by atoms with van der Waals surface area (Å²) in [5.41, 5.74) is 0.900. The first-order chi connectivity index (χ1) is 14.1. The minimum atomic E-state index is -3.67. The zero-order chi connectivity index (χ0) is 22.3. The average Bonchev–Trinajstić information content (AvgIpc) is 2.72. The first kappa shape index (κ1) is 23.9. The van der Waals surface area contributed by atoms with Gasteiger partial charge in [-0.1, -0.05) is 17.7 Å². The molecule has 0 radical (unpaired) electrons. The van der Waals surface area contributed by atoms with E-state index in [1.54, 1.807) is 44.2 Å². The van der Waals surface area contributed by atoms with Gasteiger partial charge < -0.3 is 10.6 Å². The number of nitrogens with zero attached hydrogens (tertiary/aromatic N) is 1. The molecule has 0 heterocycles. The van der Waals surface area contributed by atoms with Crippen molar-refractivity contribution in [3.8, 4) is 0 Å². The van der Waals surface area contributed by atoms with Crippen LogP contribution in [0.4, 0.5) is 5.69 Å². The third-order valence-corrected chi connectivity index (χ3v) is 6.78. The van der Waals surface area contributed by atoms with Crippen LogP contribution < -0.4 is 10.6 Å². The Kier molecular flexibility index (Phi) is 8.40. The second-order valence-electron chi connectivity index (χ2n) is 7.06. The number of rotatable bonds is 9. The predicted octanol–water partition coefficient (Wildman–Crippen LogP) is 3.52. The molecule has 0 aliphatic heterocycles. The summed E-state index contributed by atoms with van der Waals surface area (Å²) in [5.74, 6) is -0.561. The third kappa shape index (κ3) is 6.55. The van der Waals surface area contributed by atoms with Crippen LogP contribution in [0.25, 0.3) is 0 Å². The smallest absolute Gasteiger partial charge is 0.251 e. The zero-order valence-electron chi connectivity index (χ0n) is 17.2. The maximum Gasteiger partial charge on any atom is 0.251 e. The van der Waals surface area contributed by atoms with Crippen LogP contribution in [0, 0.1) is 0 Å². The SMILES string of the molecule is CC(C)N(C)S(=O)(=O)c1cccc(C(=O)NCCCC(=O)Nc2ccc(Cl)cc2)c1. The van der Waals surface area contributed by atoms with Crippen molar-refractivity contribution in [1.29, 1.82) is 0 Å². The first-order valence-electron chi connectivity index (χ1n) is 9.53. The molecule has 0 saturated carbocycles. The Morgan fingerprint density at radius 2 is 1.77 bits per heavy atom. The lowest BCUT2D eigenvalue weighted by Gasteiger charge is -2.21. The van der Waals surface area contributed by atoms with Gasteiger partial charge in [0.2, 0.25) is 15.9 Å². The van der Waals surface area contributed by atoms with Gasteiger partial charge in [-0.25, -0.2) is 8.42 Å². The molecule has 2 amide bonds. The van der Waals surface area contributed by atoms with Crippen LogP contribution in [0.1, 0.15) is 37.0 Å². The van der Waals surface area contributed by atoms with Crippen LogP contribution >= 0.6 is 11.6 Å². The summed E-state index contributed by atoms with van der Waals surface area (Å²) in [6.07, 6.45) is 0.676. The van der Waals surface area contributed by atoms with Gasteiger partial charge in [-0.3, -0.25) is 9.59 Å². The highest BCUT2D eigenvalue weighted by Gasteiger charge is 2.23. The Morgan fingerprint density at radius 1 is 1.10 bits per heavy atom. The van der Waals surface area contributed by atoms with Gasteiger partial charge in [-0.2, -0.15) is 4.31 Å². The van der Waals surface area contributed by atoms with Crippen LogP contribution in [0.15, 0.2) is 53.4 Å². The maximum atomic E-state index is 12.6. The molecule has 0 atom stereocenters. The fraction of sp³-hybridized carbons (Fsp3) is 0.333. The molecule has 0 aliphatic carbocycles. The Balaban J connectivity index is 1.86. The van der Waals surface area contributed by atoms with Crippen molar-refractivity contribution >= 4 is 39.1 Å². The molecule has 0 fully saturated rings. The highest BCUT2D eigenvalue weighted by atomic mass is 35.5. The van der Waals surface area contributed by atoms with E-state index in [0.29, 0.717) is 17.1 Å². The summed E-state index contributed by atoms with van der Waals surface area (Å²) < 4.78 is 26.4. The van der Waals surface area contributed by atoms with Crippen LogP contribution in [0.2, 0.25) is 5.02 Å². The number of hydrogen-bond donors (Lipinski definition) is 2. The van der Waals surface area contributed by atoms with E-state index in [9.17, 15) is 18.0 Å². The number of halogens is 1. The van der Waals surface area contributed by atoms with Crippen molar-refractivity contribution in [2.75, 3.05) is 18.9 Å². The van der Waals surface area contributed by atoms with E-state index in [1.165, 1.54) is 29.6 Å². The third-order valence-electron chi connectivity index (χ3n) is 4.49. The molecule has 162 valence electrons. The lowest BCUT2D eigenvalue weighted by molar-refractivity contribution is -0.116. The quantitative estimate of drug-likeness (QED) is 0.570. The molecule has 0 saturated heterocycles. The van der Waals surface area contributed by atoms with Crippen molar-refractivity contribution < 1.29 is 18.0 Å². The topological polar surface area (TPSA) is 95.6 Å². The van der Waals surface area contributed by atoms with Gasteiger partial charge in [-0.05, 0) is 62.7 Å². The molecule has 2 N–H and O–H groups in total. The molecule has 0 aromatic heterocycles. The van der Waals surface area contributed by atoms with E-state index in [-0.39, 0.29) is 35.4 Å². The molecule has 2 rings (SSSR count). The number of carbonyl (C=O) groups is 2. The number of benzene rings is 2. The largest absolute Gasteiger partial charge is 0.352 e. The molecule has 0 aliphatic rings. The van der Waals surface area contributed by atoms with E-state index in [0.717, 1.165) is 0 Å². The fourth-order valence-corrected chi connectivity index (χ4v) is 4.09. The van der Waals surface area contributed by atoms with Crippen molar-refractivity contribution in [2.45, 2.75) is 37.6 Å². The minimum absolute atomic E-state index is 0.0636. The maximum absolute atomic E-state index is 12.6. The highest BCUT2D eigenvalue weighted by Crippen LogP contribution is 2.18. The van der Waals surface area contributed by atoms with Crippen molar-refractivity contribution in [1.82, 2.24) is 9.62 Å². The lowest BCUT2D eigenvalue weighted by Crippen LogP contribution is -2.33. The van der Waals surface area contributed by atoms with Gasteiger partial charge in [0.1, 0.15) is 0 Å². The molecular formula is C21H26ClN3O4S. The van der Waals surface area contributed by atoms with E-state index in [2.05, 4.69) is 10.6 Å². The van der Waals surface area contributed by atoms with E-state index in [1.807, 2.05) is 0 Å². The zero-order valence-corrected chi connectivity index (χ0v) is 18.8. The Hall–Kier alpha value is -2.42. The van der Waals surface area contributed by atoms with Gasteiger partial charge in [0.25, 0.3) is 5.91 Å². The molecular weight excluding hydrogens is 426 g/mol. The highest BCUT2D eigenvalue weighted by molar-refractivity contribution is 7.89. The summed E-state index contributed by atoms with van der Waals surface area (Å²) in [4.78, 5) is 24.4. The molecule has 0 unspecified atom stereocenters. The predicted molar refractivity (Wildman–Crippen MR) is 118 cm³/mol. The summed E-state index contributed by atoms with van der Waals surface area (Å²) >= 11 is 5.81. The number of nitrogens with one attached hydrogen (secondary N) is 2. The van der Waals surface area contributed by atoms with Gasteiger partial charge in [0, 0.05) is 42.3 Å². The second kappa shape index (κ2) is 10.6. The van der Waals surface area contributed by atoms with Gasteiger partial charge in [0.05, 0.1) is 4.90 Å². The standard InChI is InChI=1S/C21H26ClN3O4S/c1-15(2)25(3)30(28,29)19-7-4-6-16(14-19)21(27)23-13-5-8-20(26)24-18-11-9-17(22)10-12-18/h4,6-7,9-12,14-15H,5,8,13H2,1-3H3,(H,23,27)(H,24,26). The van der Waals surface area contributed by atoms with E-state index in [4.69, 9.17) is 11.6 Å². The molecule has 7 nitrogen and oxygen atoms in total. The summed E-state index contributed by atoms with van der Waals surface area (Å²) in [7, 11) is -2.17. The van der Waals surface area contributed by atoms with Crippen molar-refractivity contribution in [3.63, 3.8) is 0 Å². The molecule has 9 heteroatoms. The Bertz CT molecular complexity index is 992. The van der Waals surface area contributed by atoms with Crippen LogP contribution in [-0.2, 0) is 14.8 Å². The molecule has 2 aromatic carbocycles. The second-order valence-corrected chi connectivity index (χ2v) is 9.49. The number of sulfonamides is 1. The van der Waals surface area contributed by atoms with Crippen LogP contribution in [0.3, 0.4) is 0 Å². The molecule has 30 heavy (non-hydrogen) atoms.